The Bertz CT molecular complexity index is 562. The van der Waals surface area contributed by atoms with Crippen LogP contribution in [-0.2, 0) is 0 Å². The molecular formula is C18H21BrN2. The van der Waals surface area contributed by atoms with Crippen LogP contribution in [0.1, 0.15) is 23.6 Å². The average Bonchev–Trinajstić information content (AvgIpc) is 2.80. The van der Waals surface area contributed by atoms with Crippen LogP contribution in [0, 0.1) is 0 Å². The fourth-order valence-corrected chi connectivity index (χ4v) is 3.55. The third kappa shape index (κ3) is 3.54. The van der Waals surface area contributed by atoms with Crippen LogP contribution >= 0.6 is 15.9 Å². The Morgan fingerprint density at radius 2 is 1.67 bits per heavy atom. The van der Waals surface area contributed by atoms with Crippen LogP contribution in [0.25, 0.3) is 0 Å². The summed E-state index contributed by atoms with van der Waals surface area (Å²) in [4.78, 5) is 2.59. The maximum Gasteiger partial charge on any atom is 0.0613 e. The quantitative estimate of drug-likeness (QED) is 0.910. The summed E-state index contributed by atoms with van der Waals surface area (Å²) in [5.74, 6) is 0. The zero-order valence-electron chi connectivity index (χ0n) is 12.1. The Labute approximate surface area is 135 Å². The Morgan fingerprint density at radius 3 is 2.48 bits per heavy atom. The van der Waals surface area contributed by atoms with E-state index in [0.717, 1.165) is 26.2 Å². The van der Waals surface area contributed by atoms with Gasteiger partial charge in [-0.25, -0.2) is 0 Å². The SMILES string of the molecule is Brc1ccccc1C(c1ccccc1)N1CCCNCC1. The normalized spacial score (nSPS) is 18.1. The number of nitrogens with one attached hydrogen (secondary N) is 1. The molecular weight excluding hydrogens is 324 g/mol. The van der Waals surface area contributed by atoms with E-state index in [1.165, 1.54) is 22.0 Å². The first kappa shape index (κ1) is 14.8. The summed E-state index contributed by atoms with van der Waals surface area (Å²) in [6.45, 7) is 4.40. The molecule has 1 saturated heterocycles. The molecule has 1 unspecified atom stereocenters. The van der Waals surface area contributed by atoms with Gasteiger partial charge in [-0.15, -0.1) is 0 Å². The van der Waals surface area contributed by atoms with Crippen LogP contribution in [0.15, 0.2) is 59.1 Å². The van der Waals surface area contributed by atoms with Gasteiger partial charge in [0.15, 0.2) is 0 Å². The fraction of sp³-hybridized carbons (Fsp3) is 0.333. The van der Waals surface area contributed by atoms with E-state index in [4.69, 9.17) is 0 Å². The van der Waals surface area contributed by atoms with E-state index in [1.54, 1.807) is 0 Å². The lowest BCUT2D eigenvalue weighted by molar-refractivity contribution is 0.240. The molecule has 1 fully saturated rings. The Morgan fingerprint density at radius 1 is 0.905 bits per heavy atom. The minimum absolute atomic E-state index is 0.321. The highest BCUT2D eigenvalue weighted by Crippen LogP contribution is 2.33. The van der Waals surface area contributed by atoms with Crippen molar-refractivity contribution in [3.8, 4) is 0 Å². The highest BCUT2D eigenvalue weighted by atomic mass is 79.9. The van der Waals surface area contributed by atoms with Gasteiger partial charge in [-0.05, 0) is 30.2 Å². The van der Waals surface area contributed by atoms with Crippen LogP contribution in [0.3, 0.4) is 0 Å². The topological polar surface area (TPSA) is 15.3 Å². The summed E-state index contributed by atoms with van der Waals surface area (Å²) in [7, 11) is 0. The molecule has 1 aliphatic rings. The summed E-state index contributed by atoms with van der Waals surface area (Å²) in [6.07, 6.45) is 1.20. The monoisotopic (exact) mass is 344 g/mol. The smallest absolute Gasteiger partial charge is 0.0613 e. The number of benzene rings is 2. The molecule has 2 aromatic rings. The molecule has 0 radical (unpaired) electrons. The molecule has 3 heteroatoms. The predicted octanol–water partition coefficient (Wildman–Crippen LogP) is 3.83. The van der Waals surface area contributed by atoms with Gasteiger partial charge in [0.2, 0.25) is 0 Å². The highest BCUT2D eigenvalue weighted by Gasteiger charge is 2.24. The molecule has 2 aromatic carbocycles. The second kappa shape index (κ2) is 7.21. The fourth-order valence-electron chi connectivity index (χ4n) is 3.04. The van der Waals surface area contributed by atoms with Crippen LogP contribution in [0.4, 0.5) is 0 Å². The van der Waals surface area contributed by atoms with Gasteiger partial charge >= 0.3 is 0 Å². The van der Waals surface area contributed by atoms with Crippen molar-refractivity contribution in [3.05, 3.63) is 70.2 Å². The van der Waals surface area contributed by atoms with Gasteiger partial charge in [0.1, 0.15) is 0 Å². The van der Waals surface area contributed by atoms with Crippen molar-refractivity contribution in [3.63, 3.8) is 0 Å². The molecule has 0 aliphatic carbocycles. The van der Waals surface area contributed by atoms with Crippen molar-refractivity contribution in [2.24, 2.45) is 0 Å². The number of hydrogen-bond donors (Lipinski definition) is 1. The van der Waals surface area contributed by atoms with Crippen LogP contribution in [0.2, 0.25) is 0 Å². The van der Waals surface area contributed by atoms with Gasteiger partial charge in [-0.2, -0.15) is 0 Å². The van der Waals surface area contributed by atoms with Crippen molar-refractivity contribution in [2.75, 3.05) is 26.2 Å². The Hall–Kier alpha value is -1.16. The largest absolute Gasteiger partial charge is 0.315 e. The summed E-state index contributed by atoms with van der Waals surface area (Å²) < 4.78 is 1.19. The van der Waals surface area contributed by atoms with E-state index >= 15 is 0 Å². The molecule has 1 aliphatic heterocycles. The van der Waals surface area contributed by atoms with Gasteiger partial charge in [0.05, 0.1) is 6.04 Å². The lowest BCUT2D eigenvalue weighted by Crippen LogP contribution is -2.33. The predicted molar refractivity (Wildman–Crippen MR) is 91.5 cm³/mol. The second-order valence-corrected chi connectivity index (χ2v) is 6.33. The first-order valence-corrected chi connectivity index (χ1v) is 8.40. The maximum atomic E-state index is 3.74. The number of nitrogens with zero attached hydrogens (tertiary/aromatic N) is 1. The molecule has 2 nitrogen and oxygen atoms in total. The van der Waals surface area contributed by atoms with Crippen molar-refractivity contribution in [1.82, 2.24) is 10.2 Å². The first-order valence-electron chi connectivity index (χ1n) is 7.60. The summed E-state index contributed by atoms with van der Waals surface area (Å²) in [6, 6.07) is 19.7. The molecule has 0 spiro atoms. The molecule has 0 saturated carbocycles. The van der Waals surface area contributed by atoms with E-state index in [2.05, 4.69) is 80.7 Å². The van der Waals surface area contributed by atoms with E-state index in [-0.39, 0.29) is 0 Å². The van der Waals surface area contributed by atoms with Gasteiger partial charge < -0.3 is 5.32 Å². The maximum absolute atomic E-state index is 3.74. The minimum atomic E-state index is 0.321. The van der Waals surface area contributed by atoms with Crippen molar-refractivity contribution in [2.45, 2.75) is 12.5 Å². The van der Waals surface area contributed by atoms with Gasteiger partial charge in [0, 0.05) is 24.1 Å². The van der Waals surface area contributed by atoms with Crippen molar-refractivity contribution in [1.29, 1.82) is 0 Å². The molecule has 3 rings (SSSR count). The van der Waals surface area contributed by atoms with E-state index in [0.29, 0.717) is 6.04 Å². The van der Waals surface area contributed by atoms with E-state index in [9.17, 15) is 0 Å². The number of rotatable bonds is 3. The molecule has 1 atom stereocenters. The summed E-state index contributed by atoms with van der Waals surface area (Å²) in [5, 5.41) is 3.50. The number of halogens is 1. The van der Waals surface area contributed by atoms with E-state index < -0.39 is 0 Å². The second-order valence-electron chi connectivity index (χ2n) is 5.47. The van der Waals surface area contributed by atoms with E-state index in [1.807, 2.05) is 0 Å². The number of hydrogen-bond acceptors (Lipinski definition) is 2. The lowest BCUT2D eigenvalue weighted by atomic mass is 9.97. The zero-order chi connectivity index (χ0) is 14.5. The third-order valence-corrected chi connectivity index (χ3v) is 4.78. The molecule has 0 amide bonds. The van der Waals surface area contributed by atoms with Gasteiger partial charge in [-0.3, -0.25) is 4.90 Å². The van der Waals surface area contributed by atoms with Crippen molar-refractivity contribution >= 4 is 15.9 Å². The van der Waals surface area contributed by atoms with Crippen LogP contribution in [0.5, 0.6) is 0 Å². The molecule has 1 heterocycles. The molecule has 0 bridgehead atoms. The molecule has 21 heavy (non-hydrogen) atoms. The average molecular weight is 345 g/mol. The molecule has 1 N–H and O–H groups in total. The first-order chi connectivity index (χ1) is 10.4. The van der Waals surface area contributed by atoms with Gasteiger partial charge in [-0.1, -0.05) is 64.5 Å². The third-order valence-electron chi connectivity index (χ3n) is 4.05. The summed E-state index contributed by atoms with van der Waals surface area (Å²) >= 11 is 3.74. The Kier molecular flexibility index (Phi) is 5.07. The molecule has 110 valence electrons. The lowest BCUT2D eigenvalue weighted by Gasteiger charge is -2.32. The summed E-state index contributed by atoms with van der Waals surface area (Å²) in [5.41, 5.74) is 2.72. The zero-order valence-corrected chi connectivity index (χ0v) is 13.7. The highest BCUT2D eigenvalue weighted by molar-refractivity contribution is 9.10. The Balaban J connectivity index is 2.00. The molecule has 0 aromatic heterocycles. The van der Waals surface area contributed by atoms with Crippen molar-refractivity contribution < 1.29 is 0 Å². The van der Waals surface area contributed by atoms with Crippen LogP contribution < -0.4 is 5.32 Å². The minimum Gasteiger partial charge on any atom is -0.315 e. The standard InChI is InChI=1S/C18H21BrN2/c19-17-10-5-4-9-16(17)18(15-7-2-1-3-8-15)21-13-6-11-20-12-14-21/h1-5,7-10,18,20H,6,11-14H2. The van der Waals surface area contributed by atoms with Gasteiger partial charge in [0.25, 0.3) is 0 Å². The van der Waals surface area contributed by atoms with Crippen LogP contribution in [-0.4, -0.2) is 31.1 Å².